The van der Waals surface area contributed by atoms with E-state index in [1.165, 1.54) is 11.3 Å². The van der Waals surface area contributed by atoms with Crippen LogP contribution in [0.1, 0.15) is 59.6 Å². The fourth-order valence-electron chi connectivity index (χ4n) is 2.83. The van der Waals surface area contributed by atoms with Crippen molar-refractivity contribution < 1.29 is 18.4 Å². The lowest BCUT2D eigenvalue weighted by molar-refractivity contribution is -0.132. The Balaban J connectivity index is 1.60. The van der Waals surface area contributed by atoms with E-state index in [0.717, 1.165) is 25.0 Å². The molecule has 0 aliphatic carbocycles. The summed E-state index contributed by atoms with van der Waals surface area (Å²) in [6, 6.07) is 7.22. The number of carbonyl (C=O) groups is 2. The van der Waals surface area contributed by atoms with Gasteiger partial charge < -0.3 is 19.1 Å². The molecule has 0 bridgehead atoms. The monoisotopic (exact) mass is 415 g/mol. The number of rotatable bonds is 11. The van der Waals surface area contributed by atoms with Crippen molar-refractivity contribution in [3.05, 3.63) is 64.4 Å². The van der Waals surface area contributed by atoms with Gasteiger partial charge in [-0.1, -0.05) is 19.8 Å². The van der Waals surface area contributed by atoms with Crippen molar-refractivity contribution in [2.45, 2.75) is 52.2 Å². The van der Waals surface area contributed by atoms with E-state index < -0.39 is 0 Å². The first-order valence-corrected chi connectivity index (χ1v) is 10.6. The summed E-state index contributed by atoms with van der Waals surface area (Å²) in [6.07, 6.45) is 6.61. The fourth-order valence-corrected chi connectivity index (χ4v) is 3.62. The van der Waals surface area contributed by atoms with Gasteiger partial charge in [0.2, 0.25) is 5.91 Å². The zero-order chi connectivity index (χ0) is 20.5. The standard InChI is InChI=1S/C21H25N3O4S/c1-2-3-4-9-20(25)24(13-17-8-6-11-28-17)14-19-23-18(15-29-19)21(26)22-12-16-7-5-10-27-16/h5-8,10-11,15H,2-4,9,12-14H2,1H3,(H,22,26). The van der Waals surface area contributed by atoms with Crippen LogP contribution in [0.4, 0.5) is 0 Å². The van der Waals surface area contributed by atoms with E-state index >= 15 is 0 Å². The van der Waals surface area contributed by atoms with Crippen molar-refractivity contribution >= 4 is 23.2 Å². The van der Waals surface area contributed by atoms with Gasteiger partial charge in [0.25, 0.3) is 5.91 Å². The van der Waals surface area contributed by atoms with Crippen molar-refractivity contribution in [1.82, 2.24) is 15.2 Å². The molecule has 3 rings (SSSR count). The molecule has 0 saturated heterocycles. The molecule has 0 aliphatic rings. The Morgan fingerprint density at radius 3 is 2.55 bits per heavy atom. The molecular weight excluding hydrogens is 390 g/mol. The zero-order valence-electron chi connectivity index (χ0n) is 16.4. The van der Waals surface area contributed by atoms with Crippen molar-refractivity contribution in [3.63, 3.8) is 0 Å². The summed E-state index contributed by atoms with van der Waals surface area (Å²) in [5.41, 5.74) is 0.341. The lowest BCUT2D eigenvalue weighted by Gasteiger charge is -2.20. The van der Waals surface area contributed by atoms with Gasteiger partial charge in [-0.2, -0.15) is 0 Å². The van der Waals surface area contributed by atoms with Crippen molar-refractivity contribution in [2.75, 3.05) is 0 Å². The van der Waals surface area contributed by atoms with Crippen LogP contribution in [0, 0.1) is 0 Å². The molecule has 0 aliphatic heterocycles. The molecule has 0 aromatic carbocycles. The van der Waals surface area contributed by atoms with E-state index in [0.29, 0.717) is 42.5 Å². The first kappa shape index (κ1) is 20.9. The first-order chi connectivity index (χ1) is 14.2. The van der Waals surface area contributed by atoms with Crippen LogP contribution >= 0.6 is 11.3 Å². The Morgan fingerprint density at radius 1 is 1.10 bits per heavy atom. The second kappa shape index (κ2) is 10.6. The minimum atomic E-state index is -0.268. The summed E-state index contributed by atoms with van der Waals surface area (Å²) in [6.45, 7) is 3.15. The van der Waals surface area contributed by atoms with Crippen LogP contribution in [0.15, 0.2) is 51.0 Å². The van der Waals surface area contributed by atoms with Crippen molar-refractivity contribution in [2.24, 2.45) is 0 Å². The summed E-state index contributed by atoms with van der Waals surface area (Å²) in [4.78, 5) is 31.1. The predicted molar refractivity (Wildman–Crippen MR) is 109 cm³/mol. The molecule has 0 atom stereocenters. The number of amides is 2. The Morgan fingerprint density at radius 2 is 1.86 bits per heavy atom. The van der Waals surface area contributed by atoms with E-state index in [4.69, 9.17) is 8.83 Å². The third kappa shape index (κ3) is 6.32. The molecule has 0 radical (unpaired) electrons. The number of unbranched alkanes of at least 4 members (excludes halogenated alkanes) is 2. The second-order valence-electron chi connectivity index (χ2n) is 6.67. The maximum absolute atomic E-state index is 12.7. The Bertz CT molecular complexity index is 887. The van der Waals surface area contributed by atoms with Gasteiger partial charge in [0.1, 0.15) is 22.2 Å². The van der Waals surface area contributed by atoms with E-state index in [9.17, 15) is 9.59 Å². The molecule has 3 aromatic rings. The Labute approximate surface area is 173 Å². The molecule has 0 fully saturated rings. The van der Waals surface area contributed by atoms with E-state index in [1.807, 2.05) is 6.07 Å². The number of thiazole rings is 1. The highest BCUT2D eigenvalue weighted by Crippen LogP contribution is 2.17. The molecule has 0 spiro atoms. The maximum atomic E-state index is 12.7. The number of carbonyl (C=O) groups excluding carboxylic acids is 2. The molecule has 154 valence electrons. The highest BCUT2D eigenvalue weighted by atomic mass is 32.1. The van der Waals surface area contributed by atoms with Crippen LogP contribution in [0.3, 0.4) is 0 Å². The third-order valence-electron chi connectivity index (χ3n) is 4.39. The van der Waals surface area contributed by atoms with Crippen molar-refractivity contribution in [1.29, 1.82) is 0 Å². The highest BCUT2D eigenvalue weighted by Gasteiger charge is 2.19. The number of hydrogen-bond donors (Lipinski definition) is 1. The minimum Gasteiger partial charge on any atom is -0.467 e. The molecule has 0 unspecified atom stereocenters. The molecule has 3 aromatic heterocycles. The summed E-state index contributed by atoms with van der Waals surface area (Å²) >= 11 is 1.37. The molecule has 3 heterocycles. The van der Waals surface area contributed by atoms with Crippen LogP contribution in [0.2, 0.25) is 0 Å². The molecule has 0 saturated carbocycles. The predicted octanol–water partition coefficient (Wildman–Crippen LogP) is 4.37. The normalized spacial score (nSPS) is 10.8. The van der Waals surface area contributed by atoms with Gasteiger partial charge in [0.05, 0.1) is 32.2 Å². The van der Waals surface area contributed by atoms with Crippen LogP contribution in [0.25, 0.3) is 0 Å². The zero-order valence-corrected chi connectivity index (χ0v) is 17.2. The lowest BCUT2D eigenvalue weighted by atomic mass is 10.2. The summed E-state index contributed by atoms with van der Waals surface area (Å²) < 4.78 is 10.6. The smallest absolute Gasteiger partial charge is 0.271 e. The molecule has 8 heteroatoms. The average molecular weight is 416 g/mol. The molecule has 2 amide bonds. The lowest BCUT2D eigenvalue weighted by Crippen LogP contribution is -2.30. The average Bonchev–Trinajstić information content (AvgIpc) is 3.48. The van der Waals surface area contributed by atoms with Crippen LogP contribution < -0.4 is 5.32 Å². The van der Waals surface area contributed by atoms with E-state index in [1.54, 1.807) is 41.0 Å². The molecular formula is C21H25N3O4S. The molecule has 29 heavy (non-hydrogen) atoms. The first-order valence-electron chi connectivity index (χ1n) is 9.71. The summed E-state index contributed by atoms with van der Waals surface area (Å²) in [7, 11) is 0. The molecule has 7 nitrogen and oxygen atoms in total. The van der Waals surface area contributed by atoms with Crippen LogP contribution in [-0.4, -0.2) is 21.7 Å². The quantitative estimate of drug-likeness (QED) is 0.470. The van der Waals surface area contributed by atoms with Gasteiger partial charge >= 0.3 is 0 Å². The van der Waals surface area contributed by atoms with Gasteiger partial charge in [-0.25, -0.2) is 4.98 Å². The summed E-state index contributed by atoms with van der Waals surface area (Å²) in [5, 5.41) is 5.20. The minimum absolute atomic E-state index is 0.0638. The third-order valence-corrected chi connectivity index (χ3v) is 5.22. The number of aromatic nitrogens is 1. The van der Waals surface area contributed by atoms with E-state index in [-0.39, 0.29) is 11.8 Å². The van der Waals surface area contributed by atoms with Gasteiger partial charge in [-0.15, -0.1) is 11.3 Å². The second-order valence-corrected chi connectivity index (χ2v) is 7.62. The SMILES string of the molecule is CCCCCC(=O)N(Cc1ccco1)Cc1nc(C(=O)NCc2ccco2)cs1. The van der Waals surface area contributed by atoms with Gasteiger partial charge in [-0.05, 0) is 30.7 Å². The fraction of sp³-hybridized carbons (Fsp3) is 0.381. The topological polar surface area (TPSA) is 88.6 Å². The number of nitrogens with zero attached hydrogens (tertiary/aromatic N) is 2. The van der Waals surface area contributed by atoms with Crippen LogP contribution in [0.5, 0.6) is 0 Å². The summed E-state index contributed by atoms with van der Waals surface area (Å²) in [5.74, 6) is 1.20. The van der Waals surface area contributed by atoms with Crippen LogP contribution in [-0.2, 0) is 24.4 Å². The largest absolute Gasteiger partial charge is 0.467 e. The van der Waals surface area contributed by atoms with Gasteiger partial charge in [0.15, 0.2) is 0 Å². The van der Waals surface area contributed by atoms with E-state index in [2.05, 4.69) is 17.2 Å². The number of nitrogens with one attached hydrogen (secondary N) is 1. The van der Waals surface area contributed by atoms with Crippen molar-refractivity contribution in [3.8, 4) is 0 Å². The highest BCUT2D eigenvalue weighted by molar-refractivity contribution is 7.09. The Hall–Kier alpha value is -2.87. The van der Waals surface area contributed by atoms with Gasteiger partial charge in [0, 0.05) is 11.8 Å². The van der Waals surface area contributed by atoms with Gasteiger partial charge in [-0.3, -0.25) is 9.59 Å². The molecule has 1 N–H and O–H groups in total. The Kier molecular flexibility index (Phi) is 7.63. The number of furan rings is 2. The maximum Gasteiger partial charge on any atom is 0.271 e. The number of hydrogen-bond acceptors (Lipinski definition) is 6.